The normalized spacial score (nSPS) is 10.5. The van der Waals surface area contributed by atoms with Gasteiger partial charge in [-0.3, -0.25) is 9.09 Å². The van der Waals surface area contributed by atoms with Crippen LogP contribution < -0.4 is 5.76 Å². The number of pyridine rings is 1. The highest BCUT2D eigenvalue weighted by Gasteiger charge is 2.06. The van der Waals surface area contributed by atoms with Crippen molar-refractivity contribution in [2.75, 3.05) is 0 Å². The van der Waals surface area contributed by atoms with E-state index in [2.05, 4.69) is 14.7 Å². The average Bonchev–Trinajstić information content (AvgIpc) is 2.53. The van der Waals surface area contributed by atoms with Gasteiger partial charge in [-0.2, -0.15) is 0 Å². The summed E-state index contributed by atoms with van der Waals surface area (Å²) in [4.78, 5) is 15.1. The van der Waals surface area contributed by atoms with Crippen LogP contribution in [-0.2, 0) is 6.54 Å². The molecule has 0 saturated heterocycles. The van der Waals surface area contributed by atoms with Crippen LogP contribution in [0, 0.1) is 6.92 Å². The quantitative estimate of drug-likeness (QED) is 0.722. The second kappa shape index (κ2) is 3.86. The Morgan fingerprint density at radius 2 is 2.33 bits per heavy atom. The third-order valence-corrected chi connectivity index (χ3v) is 2.22. The van der Waals surface area contributed by atoms with Gasteiger partial charge in [0.1, 0.15) is 5.15 Å². The van der Waals surface area contributed by atoms with Gasteiger partial charge < -0.3 is 0 Å². The van der Waals surface area contributed by atoms with E-state index in [1.165, 1.54) is 4.57 Å². The summed E-state index contributed by atoms with van der Waals surface area (Å²) in [6.45, 7) is 2.09. The van der Waals surface area contributed by atoms with Crippen LogP contribution >= 0.6 is 11.6 Å². The molecule has 6 heteroatoms. The first-order valence-electron chi connectivity index (χ1n) is 4.30. The molecule has 0 aromatic carbocycles. The number of hydrogen-bond acceptors (Lipinski definition) is 4. The Hall–Kier alpha value is -1.62. The molecule has 0 aliphatic carbocycles. The van der Waals surface area contributed by atoms with E-state index in [0.717, 1.165) is 5.56 Å². The molecule has 2 aromatic heterocycles. The molecule has 0 fully saturated rings. The number of hydrogen-bond donors (Lipinski definition) is 0. The van der Waals surface area contributed by atoms with E-state index in [-0.39, 0.29) is 0 Å². The molecule has 0 unspecified atom stereocenters. The van der Waals surface area contributed by atoms with Crippen molar-refractivity contribution >= 4 is 11.6 Å². The Morgan fingerprint density at radius 3 is 2.87 bits per heavy atom. The summed E-state index contributed by atoms with van der Waals surface area (Å²) >= 11 is 5.65. The van der Waals surface area contributed by atoms with Gasteiger partial charge >= 0.3 is 5.76 Å². The molecule has 2 heterocycles. The minimum atomic E-state index is -0.470. The van der Waals surface area contributed by atoms with E-state index in [9.17, 15) is 4.79 Å². The van der Waals surface area contributed by atoms with Crippen LogP contribution in [0.1, 0.15) is 11.4 Å². The van der Waals surface area contributed by atoms with Gasteiger partial charge in [-0.05, 0) is 18.6 Å². The maximum atomic E-state index is 11.2. The average molecular weight is 226 g/mol. The van der Waals surface area contributed by atoms with Crippen molar-refractivity contribution in [1.82, 2.24) is 14.7 Å². The van der Waals surface area contributed by atoms with E-state index in [1.54, 1.807) is 25.3 Å². The fraction of sp³-hybridized carbons (Fsp3) is 0.222. The smallest absolute Gasteiger partial charge is 0.296 e. The molecule has 2 rings (SSSR count). The largest absolute Gasteiger partial charge is 0.441 e. The summed E-state index contributed by atoms with van der Waals surface area (Å²) in [6, 6.07) is 3.47. The zero-order valence-electron chi connectivity index (χ0n) is 7.98. The monoisotopic (exact) mass is 225 g/mol. The van der Waals surface area contributed by atoms with Crippen molar-refractivity contribution in [2.24, 2.45) is 0 Å². The highest BCUT2D eigenvalue weighted by molar-refractivity contribution is 6.29. The predicted molar refractivity (Wildman–Crippen MR) is 53.8 cm³/mol. The van der Waals surface area contributed by atoms with Crippen molar-refractivity contribution in [2.45, 2.75) is 13.5 Å². The summed E-state index contributed by atoms with van der Waals surface area (Å²) in [7, 11) is 0. The lowest BCUT2D eigenvalue weighted by atomic mass is 10.3. The lowest BCUT2D eigenvalue weighted by molar-refractivity contribution is 0.375. The molecule has 0 amide bonds. The third-order valence-electron chi connectivity index (χ3n) is 2.00. The fourth-order valence-corrected chi connectivity index (χ4v) is 1.31. The number of rotatable bonds is 2. The number of aromatic nitrogens is 3. The Labute approximate surface area is 90.3 Å². The molecule has 2 aromatic rings. The van der Waals surface area contributed by atoms with E-state index in [4.69, 9.17) is 11.6 Å². The zero-order valence-corrected chi connectivity index (χ0v) is 8.73. The first-order chi connectivity index (χ1) is 7.16. The number of aryl methyl sites for hydroxylation is 1. The van der Waals surface area contributed by atoms with Crippen LogP contribution in [0.4, 0.5) is 0 Å². The molecular weight excluding hydrogens is 218 g/mol. The van der Waals surface area contributed by atoms with Crippen LogP contribution in [0.5, 0.6) is 0 Å². The highest BCUT2D eigenvalue weighted by Crippen LogP contribution is 2.06. The van der Waals surface area contributed by atoms with E-state index >= 15 is 0 Å². The second-order valence-corrected chi connectivity index (χ2v) is 3.46. The predicted octanol–water partition coefficient (Wildman–Crippen LogP) is 1.24. The van der Waals surface area contributed by atoms with Crippen LogP contribution in [0.2, 0.25) is 5.15 Å². The molecule has 0 spiro atoms. The first-order valence-corrected chi connectivity index (χ1v) is 4.68. The van der Waals surface area contributed by atoms with Crippen molar-refractivity contribution in [1.29, 1.82) is 0 Å². The molecule has 0 radical (unpaired) electrons. The van der Waals surface area contributed by atoms with E-state index in [1.807, 2.05) is 0 Å². The Bertz CT molecular complexity index is 515. The molecule has 0 aliphatic heterocycles. The van der Waals surface area contributed by atoms with Gasteiger partial charge in [0.25, 0.3) is 0 Å². The minimum absolute atomic E-state index is 0.387. The molecule has 0 saturated carbocycles. The zero-order chi connectivity index (χ0) is 10.8. The summed E-state index contributed by atoms with van der Waals surface area (Å²) < 4.78 is 5.92. The standard InChI is InChI=1S/C9H8ClN3O2/c1-6-12-15-9(14)13(6)5-7-2-3-8(10)11-4-7/h2-4H,5H2,1H3. The topological polar surface area (TPSA) is 60.9 Å². The Balaban J connectivity index is 2.29. The van der Waals surface area contributed by atoms with Gasteiger partial charge in [0, 0.05) is 6.20 Å². The van der Waals surface area contributed by atoms with Gasteiger partial charge in [-0.1, -0.05) is 22.8 Å². The Kier molecular flexibility index (Phi) is 2.55. The second-order valence-electron chi connectivity index (χ2n) is 3.07. The van der Waals surface area contributed by atoms with Gasteiger partial charge in [0.2, 0.25) is 0 Å². The summed E-state index contributed by atoms with van der Waals surface area (Å²) in [5.41, 5.74) is 0.868. The van der Waals surface area contributed by atoms with Gasteiger partial charge in [-0.25, -0.2) is 9.78 Å². The van der Waals surface area contributed by atoms with Crippen molar-refractivity contribution in [3.05, 3.63) is 45.4 Å². The lowest BCUT2D eigenvalue weighted by Gasteiger charge is -2.01. The number of halogens is 1. The first kappa shape index (κ1) is 9.92. The molecular formula is C9H8ClN3O2. The molecule has 0 bridgehead atoms. The van der Waals surface area contributed by atoms with Crippen LogP contribution in [0.15, 0.2) is 27.6 Å². The van der Waals surface area contributed by atoms with Crippen LogP contribution in [-0.4, -0.2) is 14.7 Å². The van der Waals surface area contributed by atoms with Crippen LogP contribution in [0.25, 0.3) is 0 Å². The molecule has 0 atom stereocenters. The number of nitrogens with zero attached hydrogens (tertiary/aromatic N) is 3. The maximum Gasteiger partial charge on any atom is 0.441 e. The third kappa shape index (κ3) is 2.07. The molecule has 0 aliphatic rings. The molecule has 15 heavy (non-hydrogen) atoms. The summed E-state index contributed by atoms with van der Waals surface area (Å²) in [5, 5.41) is 3.98. The van der Waals surface area contributed by atoms with E-state index in [0.29, 0.717) is 17.5 Å². The van der Waals surface area contributed by atoms with Crippen molar-refractivity contribution in [3.8, 4) is 0 Å². The molecule has 0 N–H and O–H groups in total. The van der Waals surface area contributed by atoms with E-state index < -0.39 is 5.76 Å². The van der Waals surface area contributed by atoms with Gasteiger partial charge in [0.15, 0.2) is 5.82 Å². The van der Waals surface area contributed by atoms with Gasteiger partial charge in [0.05, 0.1) is 6.54 Å². The molecule has 78 valence electrons. The van der Waals surface area contributed by atoms with Crippen molar-refractivity contribution in [3.63, 3.8) is 0 Å². The SMILES string of the molecule is Cc1noc(=O)n1Cc1ccc(Cl)nc1. The van der Waals surface area contributed by atoms with Crippen LogP contribution in [0.3, 0.4) is 0 Å². The minimum Gasteiger partial charge on any atom is -0.296 e. The highest BCUT2D eigenvalue weighted by atomic mass is 35.5. The molecule has 5 nitrogen and oxygen atoms in total. The fourth-order valence-electron chi connectivity index (χ4n) is 1.20. The maximum absolute atomic E-state index is 11.2. The summed E-state index contributed by atoms with van der Waals surface area (Å²) in [6.07, 6.45) is 1.61. The van der Waals surface area contributed by atoms with Gasteiger partial charge in [-0.15, -0.1) is 0 Å². The Morgan fingerprint density at radius 1 is 1.53 bits per heavy atom. The summed E-state index contributed by atoms with van der Waals surface area (Å²) in [5.74, 6) is 0.0670. The van der Waals surface area contributed by atoms with Crippen molar-refractivity contribution < 1.29 is 4.52 Å². The lowest BCUT2D eigenvalue weighted by Crippen LogP contribution is -2.16.